The normalized spacial score (nSPS) is 16.6. The topological polar surface area (TPSA) is 59.0 Å². The van der Waals surface area contributed by atoms with Crippen LogP contribution in [0.2, 0.25) is 0 Å². The van der Waals surface area contributed by atoms with Crippen LogP contribution in [0.4, 0.5) is 0 Å². The molecule has 3 aromatic carbocycles. The molecule has 5 nitrogen and oxygen atoms in total. The summed E-state index contributed by atoms with van der Waals surface area (Å²) in [5.41, 5.74) is 3.70. The summed E-state index contributed by atoms with van der Waals surface area (Å²) in [6.45, 7) is 2.02. The van der Waals surface area contributed by atoms with Crippen molar-refractivity contribution in [2.24, 2.45) is 5.10 Å². The molecule has 0 bridgehead atoms. The van der Waals surface area contributed by atoms with E-state index in [9.17, 15) is 8.42 Å². The van der Waals surface area contributed by atoms with Gasteiger partial charge in [0.05, 0.1) is 23.8 Å². The van der Waals surface area contributed by atoms with Crippen LogP contribution in [0.25, 0.3) is 0 Å². The van der Waals surface area contributed by atoms with Gasteiger partial charge in [-0.1, -0.05) is 60.2 Å². The predicted molar refractivity (Wildman–Crippen MR) is 114 cm³/mol. The maximum Gasteiger partial charge on any atom is 0.279 e. The summed E-state index contributed by atoms with van der Waals surface area (Å²) < 4.78 is 33.2. The molecule has 1 aliphatic rings. The number of aryl methyl sites for hydroxylation is 1. The van der Waals surface area contributed by atoms with Gasteiger partial charge in [0.2, 0.25) is 0 Å². The highest BCUT2D eigenvalue weighted by Crippen LogP contribution is 2.37. The molecule has 3 aromatic rings. The number of nitrogens with zero attached hydrogens (tertiary/aromatic N) is 2. The molecule has 0 saturated heterocycles. The molecule has 0 spiro atoms. The van der Waals surface area contributed by atoms with Gasteiger partial charge < -0.3 is 4.74 Å². The second kappa shape index (κ2) is 7.72. The molecular weight excluding hydrogens is 384 g/mol. The lowest BCUT2D eigenvalue weighted by atomic mass is 9.98. The van der Waals surface area contributed by atoms with Crippen molar-refractivity contribution in [1.29, 1.82) is 0 Å². The van der Waals surface area contributed by atoms with E-state index in [1.54, 1.807) is 37.4 Å². The van der Waals surface area contributed by atoms with E-state index in [4.69, 9.17) is 4.74 Å². The smallest absolute Gasteiger partial charge is 0.279 e. The molecule has 0 unspecified atom stereocenters. The van der Waals surface area contributed by atoms with Crippen LogP contribution in [0.5, 0.6) is 5.75 Å². The van der Waals surface area contributed by atoms with E-state index in [0.29, 0.717) is 6.42 Å². The van der Waals surface area contributed by atoms with Gasteiger partial charge in [0.15, 0.2) is 0 Å². The van der Waals surface area contributed by atoms with E-state index in [0.717, 1.165) is 28.2 Å². The SMILES string of the molecule is COc1ccc([C@@H]2CC(c3ccc(C)cc3)=NN2S(=O)(=O)c2ccccc2)cc1. The van der Waals surface area contributed by atoms with Crippen molar-refractivity contribution >= 4 is 15.7 Å². The van der Waals surface area contributed by atoms with Crippen LogP contribution in [0.15, 0.2) is 88.9 Å². The lowest BCUT2D eigenvalue weighted by molar-refractivity contribution is 0.370. The minimum Gasteiger partial charge on any atom is -0.497 e. The second-order valence-corrected chi connectivity index (χ2v) is 8.79. The number of hydrogen-bond acceptors (Lipinski definition) is 4. The van der Waals surface area contributed by atoms with Crippen molar-refractivity contribution in [2.75, 3.05) is 7.11 Å². The molecule has 0 radical (unpaired) electrons. The quantitative estimate of drug-likeness (QED) is 0.625. The molecular formula is C23H22N2O3S. The lowest BCUT2D eigenvalue weighted by Gasteiger charge is -2.23. The Morgan fingerprint density at radius 1 is 0.931 bits per heavy atom. The van der Waals surface area contributed by atoms with Gasteiger partial charge >= 0.3 is 0 Å². The van der Waals surface area contributed by atoms with Crippen LogP contribution in [0, 0.1) is 6.92 Å². The first-order valence-corrected chi connectivity index (χ1v) is 10.8. The molecule has 0 fully saturated rings. The van der Waals surface area contributed by atoms with Crippen molar-refractivity contribution in [3.05, 3.63) is 95.6 Å². The Balaban J connectivity index is 1.78. The number of benzene rings is 3. The summed E-state index contributed by atoms with van der Waals surface area (Å²) >= 11 is 0. The maximum atomic E-state index is 13.4. The van der Waals surface area contributed by atoms with Crippen LogP contribution in [0.3, 0.4) is 0 Å². The zero-order chi connectivity index (χ0) is 20.4. The Kier molecular flexibility index (Phi) is 5.11. The highest BCUT2D eigenvalue weighted by atomic mass is 32.2. The number of sulfonamides is 1. The first kappa shape index (κ1) is 19.2. The van der Waals surface area contributed by atoms with Crippen molar-refractivity contribution in [2.45, 2.75) is 24.3 Å². The number of ether oxygens (including phenoxy) is 1. The fraction of sp³-hybridized carbons (Fsp3) is 0.174. The van der Waals surface area contributed by atoms with E-state index >= 15 is 0 Å². The van der Waals surface area contributed by atoms with Crippen LogP contribution < -0.4 is 4.74 Å². The Morgan fingerprint density at radius 2 is 1.59 bits per heavy atom. The number of hydrazone groups is 1. The maximum absolute atomic E-state index is 13.4. The Hall–Kier alpha value is -3.12. The van der Waals surface area contributed by atoms with E-state index in [-0.39, 0.29) is 4.90 Å². The highest BCUT2D eigenvalue weighted by Gasteiger charge is 2.37. The zero-order valence-corrected chi connectivity index (χ0v) is 17.1. The molecule has 4 rings (SSSR count). The third-order valence-corrected chi connectivity index (χ3v) is 6.74. The second-order valence-electron chi connectivity index (χ2n) is 7.00. The van der Waals surface area contributed by atoms with E-state index in [1.807, 2.05) is 55.5 Å². The molecule has 1 aliphatic heterocycles. The number of rotatable bonds is 5. The van der Waals surface area contributed by atoms with Gasteiger partial charge in [0.1, 0.15) is 5.75 Å². The largest absolute Gasteiger partial charge is 0.497 e. The average molecular weight is 407 g/mol. The Labute approximate surface area is 171 Å². The van der Waals surface area contributed by atoms with Crippen molar-refractivity contribution in [1.82, 2.24) is 4.41 Å². The molecule has 0 aromatic heterocycles. The molecule has 148 valence electrons. The predicted octanol–water partition coefficient (Wildman–Crippen LogP) is 4.54. The monoisotopic (exact) mass is 406 g/mol. The third kappa shape index (κ3) is 3.76. The molecule has 0 aliphatic carbocycles. The highest BCUT2D eigenvalue weighted by molar-refractivity contribution is 7.89. The Bertz CT molecular complexity index is 1120. The minimum atomic E-state index is -3.79. The minimum absolute atomic E-state index is 0.229. The van der Waals surface area contributed by atoms with Gasteiger partial charge in [-0.15, -0.1) is 0 Å². The first-order chi connectivity index (χ1) is 14.0. The fourth-order valence-corrected chi connectivity index (χ4v) is 4.86. The summed E-state index contributed by atoms with van der Waals surface area (Å²) in [4.78, 5) is 0.229. The summed E-state index contributed by atoms with van der Waals surface area (Å²) in [5.74, 6) is 0.726. The van der Waals surface area contributed by atoms with E-state index < -0.39 is 16.1 Å². The molecule has 0 saturated carbocycles. The van der Waals surface area contributed by atoms with Gasteiger partial charge in [-0.25, -0.2) is 0 Å². The molecule has 1 heterocycles. The summed E-state index contributed by atoms with van der Waals surface area (Å²) in [6, 6.07) is 23.5. The van der Waals surface area contributed by atoms with Crippen LogP contribution in [-0.2, 0) is 10.0 Å². The van der Waals surface area contributed by atoms with Gasteiger partial charge in [0.25, 0.3) is 10.0 Å². The number of methoxy groups -OCH3 is 1. The van der Waals surface area contributed by atoms with Crippen molar-refractivity contribution in [3.63, 3.8) is 0 Å². The van der Waals surface area contributed by atoms with Crippen molar-refractivity contribution < 1.29 is 13.2 Å². The van der Waals surface area contributed by atoms with Crippen molar-refractivity contribution in [3.8, 4) is 5.75 Å². The van der Waals surface area contributed by atoms with E-state index in [1.165, 1.54) is 4.41 Å². The number of hydrogen-bond donors (Lipinski definition) is 0. The van der Waals surface area contributed by atoms with Crippen LogP contribution in [-0.4, -0.2) is 25.7 Å². The molecule has 0 N–H and O–H groups in total. The Morgan fingerprint density at radius 3 is 2.21 bits per heavy atom. The zero-order valence-electron chi connectivity index (χ0n) is 16.3. The summed E-state index contributed by atoms with van der Waals surface area (Å²) in [6.07, 6.45) is 0.501. The molecule has 29 heavy (non-hydrogen) atoms. The van der Waals surface area contributed by atoms with Crippen LogP contribution in [0.1, 0.15) is 29.2 Å². The summed E-state index contributed by atoms with van der Waals surface area (Å²) in [5, 5.41) is 4.57. The molecule has 6 heteroatoms. The fourth-order valence-electron chi connectivity index (χ4n) is 3.41. The summed E-state index contributed by atoms with van der Waals surface area (Å²) in [7, 11) is -2.18. The first-order valence-electron chi connectivity index (χ1n) is 9.37. The van der Waals surface area contributed by atoms with Gasteiger partial charge in [-0.05, 0) is 42.3 Å². The van der Waals surface area contributed by atoms with Gasteiger partial charge in [-0.2, -0.15) is 17.9 Å². The third-order valence-electron chi connectivity index (χ3n) is 5.05. The average Bonchev–Trinajstić information content (AvgIpc) is 3.21. The van der Waals surface area contributed by atoms with E-state index in [2.05, 4.69) is 5.10 Å². The van der Waals surface area contributed by atoms with Gasteiger partial charge in [-0.3, -0.25) is 0 Å². The standard InChI is InChI=1S/C23H22N2O3S/c1-17-8-10-18(11-9-17)22-16-23(19-12-14-20(28-2)15-13-19)25(24-22)29(26,27)21-6-4-3-5-7-21/h3-15,23H,16H2,1-2H3/t23-/m0/s1. The van der Waals surface area contributed by atoms with Crippen LogP contribution >= 0.6 is 0 Å². The van der Waals surface area contributed by atoms with Gasteiger partial charge in [0, 0.05) is 6.42 Å². The lowest BCUT2D eigenvalue weighted by Crippen LogP contribution is -2.27. The molecule has 1 atom stereocenters. The molecule has 0 amide bonds.